The van der Waals surface area contributed by atoms with E-state index in [2.05, 4.69) is 5.32 Å². The van der Waals surface area contributed by atoms with Crippen molar-refractivity contribution in [3.8, 4) is 0 Å². The Kier molecular flexibility index (Phi) is 3.27. The van der Waals surface area contributed by atoms with Crippen LogP contribution >= 0.6 is 0 Å². The highest BCUT2D eigenvalue weighted by molar-refractivity contribution is 5.94. The van der Waals surface area contributed by atoms with Gasteiger partial charge in [-0.15, -0.1) is 0 Å². The highest BCUT2D eigenvalue weighted by atomic mass is 19.2. The molecular formula is C12H12F2N2O2. The van der Waals surface area contributed by atoms with E-state index in [1.165, 1.54) is 17.0 Å². The summed E-state index contributed by atoms with van der Waals surface area (Å²) in [6, 6.07) is 3.13. The van der Waals surface area contributed by atoms with E-state index in [1.54, 1.807) is 6.92 Å². The minimum Gasteiger partial charge on any atom is -0.343 e. The second-order valence-corrected chi connectivity index (χ2v) is 4.20. The van der Waals surface area contributed by atoms with Crippen molar-refractivity contribution < 1.29 is 18.4 Å². The van der Waals surface area contributed by atoms with E-state index in [0.717, 1.165) is 6.07 Å². The molecule has 1 unspecified atom stereocenters. The summed E-state index contributed by atoms with van der Waals surface area (Å²) < 4.78 is 26.5. The lowest BCUT2D eigenvalue weighted by atomic mass is 10.1. The number of halogens is 2. The van der Waals surface area contributed by atoms with Crippen molar-refractivity contribution in [3.05, 3.63) is 35.4 Å². The maximum atomic E-state index is 13.5. The van der Waals surface area contributed by atoms with Crippen molar-refractivity contribution >= 4 is 11.8 Å². The molecule has 1 atom stereocenters. The molecular weight excluding hydrogens is 242 g/mol. The molecule has 4 nitrogen and oxygen atoms in total. The second kappa shape index (κ2) is 4.72. The summed E-state index contributed by atoms with van der Waals surface area (Å²) in [7, 11) is 0. The smallest absolute Gasteiger partial charge is 0.245 e. The number of piperazine rings is 1. The Labute approximate surface area is 103 Å². The van der Waals surface area contributed by atoms with Crippen molar-refractivity contribution in [2.24, 2.45) is 0 Å². The lowest BCUT2D eigenvalue weighted by Crippen LogP contribution is -2.56. The average molecular weight is 254 g/mol. The summed E-state index contributed by atoms with van der Waals surface area (Å²) in [6.45, 7) is 1.30. The van der Waals surface area contributed by atoms with Crippen LogP contribution in [0.2, 0.25) is 0 Å². The van der Waals surface area contributed by atoms with Crippen LogP contribution in [0.3, 0.4) is 0 Å². The molecule has 0 bridgehead atoms. The van der Waals surface area contributed by atoms with Crippen LogP contribution in [0.1, 0.15) is 12.5 Å². The zero-order valence-electron chi connectivity index (χ0n) is 9.74. The van der Waals surface area contributed by atoms with Gasteiger partial charge in [0.15, 0.2) is 11.6 Å². The van der Waals surface area contributed by atoms with Crippen LogP contribution in [0.4, 0.5) is 8.78 Å². The minimum absolute atomic E-state index is 0.0604. The number of carbonyl (C=O) groups excluding carboxylic acids is 2. The highest BCUT2D eigenvalue weighted by Gasteiger charge is 2.29. The van der Waals surface area contributed by atoms with Gasteiger partial charge in [-0.3, -0.25) is 9.59 Å². The number of nitrogens with zero attached hydrogens (tertiary/aromatic N) is 1. The van der Waals surface area contributed by atoms with Crippen molar-refractivity contribution in [2.75, 3.05) is 6.54 Å². The lowest BCUT2D eigenvalue weighted by Gasteiger charge is -2.30. The number of hydrogen-bond acceptors (Lipinski definition) is 2. The Morgan fingerprint density at radius 3 is 2.83 bits per heavy atom. The molecule has 1 fully saturated rings. The fraction of sp³-hybridized carbons (Fsp3) is 0.333. The third-order valence-corrected chi connectivity index (χ3v) is 2.79. The molecule has 1 N–H and O–H groups in total. The summed E-state index contributed by atoms with van der Waals surface area (Å²) in [4.78, 5) is 24.3. The third-order valence-electron chi connectivity index (χ3n) is 2.79. The van der Waals surface area contributed by atoms with E-state index in [1.807, 2.05) is 0 Å². The summed E-state index contributed by atoms with van der Waals surface area (Å²) >= 11 is 0. The molecule has 6 heteroatoms. The van der Waals surface area contributed by atoms with Crippen LogP contribution in [0.15, 0.2) is 18.2 Å². The van der Waals surface area contributed by atoms with E-state index < -0.39 is 17.7 Å². The topological polar surface area (TPSA) is 49.4 Å². The molecule has 1 aromatic rings. The zero-order chi connectivity index (χ0) is 13.3. The highest BCUT2D eigenvalue weighted by Crippen LogP contribution is 2.15. The molecule has 1 heterocycles. The zero-order valence-corrected chi connectivity index (χ0v) is 9.74. The number of carbonyl (C=O) groups is 2. The molecule has 0 spiro atoms. The molecule has 1 saturated heterocycles. The third kappa shape index (κ3) is 2.32. The molecule has 1 aromatic carbocycles. The predicted octanol–water partition coefficient (Wildman–Crippen LogP) is 0.812. The van der Waals surface area contributed by atoms with Crippen molar-refractivity contribution in [3.63, 3.8) is 0 Å². The standard InChI is InChI=1S/C12H12F2N2O2/c1-7-12(18)16(6-10(17)15-7)5-8-3-2-4-9(13)11(8)14/h2-4,7H,5-6H2,1H3,(H,15,17). The van der Waals surface area contributed by atoms with Crippen LogP contribution in [-0.2, 0) is 16.1 Å². The maximum absolute atomic E-state index is 13.5. The Hall–Kier alpha value is -1.98. The first-order valence-corrected chi connectivity index (χ1v) is 5.50. The monoisotopic (exact) mass is 254 g/mol. The summed E-state index contributed by atoms with van der Waals surface area (Å²) in [6.07, 6.45) is 0. The van der Waals surface area contributed by atoms with Gasteiger partial charge in [-0.2, -0.15) is 0 Å². The maximum Gasteiger partial charge on any atom is 0.245 e. The Morgan fingerprint density at radius 1 is 1.39 bits per heavy atom. The van der Waals surface area contributed by atoms with Gasteiger partial charge in [0.05, 0.1) is 6.54 Å². The van der Waals surface area contributed by atoms with E-state index in [9.17, 15) is 18.4 Å². The Balaban J connectivity index is 2.20. The van der Waals surface area contributed by atoms with E-state index >= 15 is 0 Å². The van der Waals surface area contributed by atoms with E-state index in [0.29, 0.717) is 0 Å². The van der Waals surface area contributed by atoms with Crippen molar-refractivity contribution in [1.29, 1.82) is 0 Å². The minimum atomic E-state index is -0.982. The fourth-order valence-electron chi connectivity index (χ4n) is 1.88. The molecule has 1 aliphatic rings. The summed E-state index contributed by atoms with van der Waals surface area (Å²) in [5, 5.41) is 2.47. The van der Waals surface area contributed by atoms with Gasteiger partial charge in [0.25, 0.3) is 0 Å². The molecule has 18 heavy (non-hydrogen) atoms. The van der Waals surface area contributed by atoms with Crippen LogP contribution in [-0.4, -0.2) is 29.3 Å². The van der Waals surface area contributed by atoms with Gasteiger partial charge in [-0.05, 0) is 13.0 Å². The van der Waals surface area contributed by atoms with Gasteiger partial charge >= 0.3 is 0 Å². The molecule has 2 rings (SSSR count). The number of hydrogen-bond donors (Lipinski definition) is 1. The molecule has 96 valence electrons. The van der Waals surface area contributed by atoms with Gasteiger partial charge in [0.2, 0.25) is 11.8 Å². The predicted molar refractivity (Wildman–Crippen MR) is 59.4 cm³/mol. The van der Waals surface area contributed by atoms with Crippen LogP contribution in [0, 0.1) is 11.6 Å². The molecule has 0 saturated carbocycles. The molecule has 0 radical (unpaired) electrons. The van der Waals surface area contributed by atoms with Crippen molar-refractivity contribution in [2.45, 2.75) is 19.5 Å². The first-order chi connectivity index (χ1) is 8.49. The SMILES string of the molecule is CC1NC(=O)CN(Cc2cccc(F)c2F)C1=O. The van der Waals surface area contributed by atoms with Crippen molar-refractivity contribution in [1.82, 2.24) is 10.2 Å². The molecule has 0 aliphatic carbocycles. The average Bonchev–Trinajstić information content (AvgIpc) is 2.31. The van der Waals surface area contributed by atoms with Gasteiger partial charge < -0.3 is 10.2 Å². The summed E-state index contributed by atoms with van der Waals surface area (Å²) in [5.74, 6) is -2.56. The molecule has 1 aliphatic heterocycles. The van der Waals surface area contributed by atoms with E-state index in [4.69, 9.17) is 0 Å². The van der Waals surface area contributed by atoms with Gasteiger partial charge in [0.1, 0.15) is 6.04 Å². The summed E-state index contributed by atoms with van der Waals surface area (Å²) in [5.41, 5.74) is 0.0604. The quantitative estimate of drug-likeness (QED) is 0.849. The largest absolute Gasteiger partial charge is 0.343 e. The number of amides is 2. The molecule has 2 amide bonds. The second-order valence-electron chi connectivity index (χ2n) is 4.20. The number of rotatable bonds is 2. The first-order valence-electron chi connectivity index (χ1n) is 5.50. The van der Waals surface area contributed by atoms with E-state index in [-0.39, 0.29) is 30.5 Å². The van der Waals surface area contributed by atoms with Gasteiger partial charge in [0, 0.05) is 12.1 Å². The lowest BCUT2D eigenvalue weighted by molar-refractivity contribution is -0.144. The molecule has 0 aromatic heterocycles. The first kappa shape index (κ1) is 12.5. The van der Waals surface area contributed by atoms with Crippen LogP contribution in [0.25, 0.3) is 0 Å². The Bertz CT molecular complexity index is 505. The van der Waals surface area contributed by atoms with Crippen LogP contribution < -0.4 is 5.32 Å². The number of nitrogens with one attached hydrogen (secondary N) is 1. The fourth-order valence-corrected chi connectivity index (χ4v) is 1.88. The van der Waals surface area contributed by atoms with Gasteiger partial charge in [-0.1, -0.05) is 12.1 Å². The van der Waals surface area contributed by atoms with Crippen LogP contribution in [0.5, 0.6) is 0 Å². The Morgan fingerprint density at radius 2 is 2.11 bits per heavy atom. The van der Waals surface area contributed by atoms with Gasteiger partial charge in [-0.25, -0.2) is 8.78 Å². The number of benzene rings is 1. The normalized spacial score (nSPS) is 19.9.